The van der Waals surface area contributed by atoms with Crippen LogP contribution in [0.15, 0.2) is 42.7 Å². The average molecular weight is 325 g/mol. The van der Waals surface area contributed by atoms with E-state index < -0.39 is 0 Å². The fourth-order valence-electron chi connectivity index (χ4n) is 2.09. The third-order valence-electron chi connectivity index (χ3n) is 3.83. The van der Waals surface area contributed by atoms with Crippen LogP contribution >= 0.6 is 0 Å². The topological polar surface area (TPSA) is 71.1 Å². The Morgan fingerprint density at radius 3 is 2.33 bits per heavy atom. The van der Waals surface area contributed by atoms with Crippen LogP contribution in [0.3, 0.4) is 0 Å². The van der Waals surface area contributed by atoms with Gasteiger partial charge in [0.25, 0.3) is 11.8 Å². The first kappa shape index (κ1) is 17.7. The van der Waals surface area contributed by atoms with Crippen LogP contribution in [-0.4, -0.2) is 22.8 Å². The molecule has 0 aliphatic carbocycles. The predicted molar refractivity (Wildman–Crippen MR) is 93.8 cm³/mol. The van der Waals surface area contributed by atoms with Crippen molar-refractivity contribution in [2.24, 2.45) is 0 Å². The van der Waals surface area contributed by atoms with Crippen LogP contribution in [0, 0.1) is 6.92 Å². The molecule has 0 saturated carbocycles. The molecule has 0 spiro atoms. The molecule has 5 nitrogen and oxygen atoms in total. The van der Waals surface area contributed by atoms with Gasteiger partial charge in [-0.3, -0.25) is 14.6 Å². The largest absolute Gasteiger partial charge is 0.350 e. The summed E-state index contributed by atoms with van der Waals surface area (Å²) in [7, 11) is 0. The van der Waals surface area contributed by atoms with E-state index in [2.05, 4.69) is 15.6 Å². The van der Waals surface area contributed by atoms with Crippen LogP contribution in [0.25, 0.3) is 0 Å². The second-order valence-corrected chi connectivity index (χ2v) is 5.91. The number of nitrogens with zero attached hydrogens (tertiary/aromatic N) is 1. The molecule has 2 N–H and O–H groups in total. The maximum Gasteiger partial charge on any atom is 0.253 e. The number of carbonyl (C=O) groups is 2. The first-order chi connectivity index (χ1) is 11.5. The molecular formula is C19H23N3O2. The highest BCUT2D eigenvalue weighted by Crippen LogP contribution is 2.06. The van der Waals surface area contributed by atoms with E-state index >= 15 is 0 Å². The molecule has 2 amide bonds. The summed E-state index contributed by atoms with van der Waals surface area (Å²) in [6.45, 7) is 6.38. The number of carbonyl (C=O) groups excluding carboxylic acids is 2. The van der Waals surface area contributed by atoms with Gasteiger partial charge in [0.2, 0.25) is 0 Å². The van der Waals surface area contributed by atoms with Gasteiger partial charge in [-0.15, -0.1) is 0 Å². The minimum Gasteiger partial charge on any atom is -0.350 e. The number of aromatic nitrogens is 1. The van der Waals surface area contributed by atoms with Crippen molar-refractivity contribution in [1.82, 2.24) is 15.6 Å². The van der Waals surface area contributed by atoms with E-state index in [1.165, 1.54) is 18.0 Å². The molecule has 126 valence electrons. The Bertz CT molecular complexity index is 711. The van der Waals surface area contributed by atoms with E-state index in [0.717, 1.165) is 12.0 Å². The number of hydrogen-bond acceptors (Lipinski definition) is 3. The van der Waals surface area contributed by atoms with Gasteiger partial charge in [-0.2, -0.15) is 0 Å². The summed E-state index contributed by atoms with van der Waals surface area (Å²) in [6.07, 6.45) is 3.77. The van der Waals surface area contributed by atoms with Crippen molar-refractivity contribution in [2.45, 2.75) is 39.8 Å². The smallest absolute Gasteiger partial charge is 0.253 e. The summed E-state index contributed by atoms with van der Waals surface area (Å²) < 4.78 is 0. The van der Waals surface area contributed by atoms with Crippen LogP contribution in [0.5, 0.6) is 0 Å². The highest BCUT2D eigenvalue weighted by atomic mass is 16.2. The molecule has 0 bridgehead atoms. The maximum atomic E-state index is 12.3. The number of rotatable bonds is 6. The second-order valence-electron chi connectivity index (χ2n) is 5.91. The van der Waals surface area contributed by atoms with Crippen LogP contribution in [-0.2, 0) is 6.54 Å². The first-order valence-electron chi connectivity index (χ1n) is 8.09. The fraction of sp³-hybridized carbons (Fsp3) is 0.316. The molecule has 0 aliphatic heterocycles. The van der Waals surface area contributed by atoms with Gasteiger partial charge < -0.3 is 10.6 Å². The van der Waals surface area contributed by atoms with Crippen molar-refractivity contribution < 1.29 is 9.59 Å². The van der Waals surface area contributed by atoms with E-state index in [-0.39, 0.29) is 17.9 Å². The van der Waals surface area contributed by atoms with Crippen LogP contribution in [0.1, 0.15) is 52.1 Å². The number of aryl methyl sites for hydroxylation is 1. The molecule has 24 heavy (non-hydrogen) atoms. The number of hydrogen-bond donors (Lipinski definition) is 2. The lowest BCUT2D eigenvalue weighted by Gasteiger charge is -2.11. The van der Waals surface area contributed by atoms with Crippen LogP contribution in [0.4, 0.5) is 0 Å². The number of pyridine rings is 1. The van der Waals surface area contributed by atoms with Crippen molar-refractivity contribution in [3.05, 3.63) is 65.0 Å². The molecule has 0 fully saturated rings. The number of nitrogens with one attached hydrogen (secondary N) is 2. The van der Waals surface area contributed by atoms with E-state index in [1.54, 1.807) is 6.07 Å². The molecule has 0 saturated heterocycles. The highest BCUT2D eigenvalue weighted by Gasteiger charge is 2.12. The summed E-state index contributed by atoms with van der Waals surface area (Å²) in [5, 5.41) is 5.71. The predicted octanol–water partition coefficient (Wildman–Crippen LogP) is 2.85. The van der Waals surface area contributed by atoms with Crippen molar-refractivity contribution >= 4 is 11.8 Å². The molecule has 5 heteroatoms. The monoisotopic (exact) mass is 325 g/mol. The molecule has 0 radical (unpaired) electrons. The standard InChI is InChI=1S/C19H23N3O2/c1-4-14(3)22-19(24)17-9-16(11-20-12-17)18(23)21-10-15-7-5-13(2)6-8-15/h5-9,11-12,14H,4,10H2,1-3H3,(H,21,23)(H,22,24). The Kier molecular flexibility index (Phi) is 6.07. The first-order valence-corrected chi connectivity index (χ1v) is 8.09. The van der Waals surface area contributed by atoms with Crippen LogP contribution < -0.4 is 10.6 Å². The molecule has 1 heterocycles. The van der Waals surface area contributed by atoms with Gasteiger partial charge >= 0.3 is 0 Å². The molecule has 1 atom stereocenters. The van der Waals surface area contributed by atoms with Gasteiger partial charge in [-0.05, 0) is 31.9 Å². The van der Waals surface area contributed by atoms with Gasteiger partial charge in [0.1, 0.15) is 0 Å². The molecular weight excluding hydrogens is 302 g/mol. The minimum atomic E-state index is -0.249. The third-order valence-corrected chi connectivity index (χ3v) is 3.83. The van der Waals surface area contributed by atoms with Gasteiger partial charge in [-0.1, -0.05) is 36.8 Å². The van der Waals surface area contributed by atoms with E-state index in [4.69, 9.17) is 0 Å². The van der Waals surface area contributed by atoms with Gasteiger partial charge in [0, 0.05) is 25.0 Å². The maximum absolute atomic E-state index is 12.3. The number of amides is 2. The third kappa shape index (κ3) is 4.91. The van der Waals surface area contributed by atoms with Crippen molar-refractivity contribution in [1.29, 1.82) is 0 Å². The molecule has 1 unspecified atom stereocenters. The SMILES string of the molecule is CCC(C)NC(=O)c1cncc(C(=O)NCc2ccc(C)cc2)c1. The van der Waals surface area contributed by atoms with E-state index in [1.807, 2.05) is 45.0 Å². The van der Waals surface area contributed by atoms with Gasteiger partial charge in [0.05, 0.1) is 11.1 Å². The molecule has 2 aromatic rings. The number of benzene rings is 1. The van der Waals surface area contributed by atoms with Crippen molar-refractivity contribution in [3.8, 4) is 0 Å². The minimum absolute atomic E-state index is 0.0801. The van der Waals surface area contributed by atoms with E-state index in [0.29, 0.717) is 17.7 Å². The molecule has 1 aromatic carbocycles. The summed E-state index contributed by atoms with van der Waals surface area (Å²) in [4.78, 5) is 28.4. The zero-order chi connectivity index (χ0) is 17.5. The summed E-state index contributed by atoms with van der Waals surface area (Å²) in [5.74, 6) is -0.466. The van der Waals surface area contributed by atoms with Gasteiger partial charge in [-0.25, -0.2) is 0 Å². The Labute approximate surface area is 142 Å². The summed E-state index contributed by atoms with van der Waals surface area (Å²) in [6, 6.07) is 9.60. The lowest BCUT2D eigenvalue weighted by molar-refractivity contribution is 0.0939. The highest BCUT2D eigenvalue weighted by molar-refractivity contribution is 5.99. The second kappa shape index (κ2) is 8.24. The lowest BCUT2D eigenvalue weighted by atomic mass is 10.1. The van der Waals surface area contributed by atoms with Crippen molar-refractivity contribution in [3.63, 3.8) is 0 Å². The Morgan fingerprint density at radius 1 is 1.08 bits per heavy atom. The summed E-state index contributed by atoms with van der Waals surface area (Å²) in [5.41, 5.74) is 2.96. The molecule has 0 aliphatic rings. The Hall–Kier alpha value is -2.69. The van der Waals surface area contributed by atoms with Gasteiger partial charge in [0.15, 0.2) is 0 Å². The van der Waals surface area contributed by atoms with E-state index in [9.17, 15) is 9.59 Å². The zero-order valence-electron chi connectivity index (χ0n) is 14.3. The molecule has 2 rings (SSSR count). The summed E-state index contributed by atoms with van der Waals surface area (Å²) >= 11 is 0. The normalized spacial score (nSPS) is 11.6. The Balaban J connectivity index is 2.00. The Morgan fingerprint density at radius 2 is 1.71 bits per heavy atom. The zero-order valence-corrected chi connectivity index (χ0v) is 14.3. The average Bonchev–Trinajstić information content (AvgIpc) is 2.60. The van der Waals surface area contributed by atoms with Crippen molar-refractivity contribution in [2.75, 3.05) is 0 Å². The lowest BCUT2D eigenvalue weighted by Crippen LogP contribution is -2.32. The quantitative estimate of drug-likeness (QED) is 0.858. The molecule has 1 aromatic heterocycles. The van der Waals surface area contributed by atoms with Crippen LogP contribution in [0.2, 0.25) is 0 Å². The fourth-order valence-corrected chi connectivity index (χ4v) is 2.09.